The minimum atomic E-state index is -0.166. The van der Waals surface area contributed by atoms with Crippen LogP contribution in [0.25, 0.3) is 16.9 Å². The van der Waals surface area contributed by atoms with Crippen molar-refractivity contribution in [3.05, 3.63) is 52.7 Å². The number of nitrogens with two attached hydrogens (primary N) is 1. The number of aromatic amines is 1. The van der Waals surface area contributed by atoms with Gasteiger partial charge in [-0.3, -0.25) is 14.9 Å². The van der Waals surface area contributed by atoms with Crippen LogP contribution in [-0.4, -0.2) is 19.6 Å². The molecule has 6 nitrogen and oxygen atoms in total. The quantitative estimate of drug-likeness (QED) is 0.685. The molecule has 3 aromatic rings. The highest BCUT2D eigenvalue weighted by molar-refractivity contribution is 5.63. The summed E-state index contributed by atoms with van der Waals surface area (Å²) in [4.78, 5) is 20.1. The summed E-state index contributed by atoms with van der Waals surface area (Å²) in [7, 11) is 0. The van der Waals surface area contributed by atoms with E-state index in [1.165, 1.54) is 10.6 Å². The smallest absolute Gasteiger partial charge is 0.272 e. The molecule has 3 heterocycles. The number of rotatable bonds is 2. The van der Waals surface area contributed by atoms with Gasteiger partial charge in [-0.05, 0) is 12.1 Å². The van der Waals surface area contributed by atoms with E-state index in [4.69, 9.17) is 5.73 Å². The van der Waals surface area contributed by atoms with Crippen molar-refractivity contribution in [1.82, 2.24) is 19.6 Å². The van der Waals surface area contributed by atoms with Gasteiger partial charge in [0, 0.05) is 36.6 Å². The minimum absolute atomic E-state index is 0.166. The Kier molecular flexibility index (Phi) is 2.42. The number of aromatic nitrogens is 4. The number of nitrogens with one attached hydrogen (secondary N) is 1. The van der Waals surface area contributed by atoms with Crippen LogP contribution in [0, 0.1) is 0 Å². The van der Waals surface area contributed by atoms with Crippen LogP contribution in [0.15, 0.2) is 41.5 Å². The Balaban J connectivity index is 2.23. The van der Waals surface area contributed by atoms with Gasteiger partial charge in [-0.2, -0.15) is 0 Å². The number of pyridine rings is 1. The Labute approximate surface area is 102 Å². The molecule has 0 spiro atoms. The van der Waals surface area contributed by atoms with E-state index < -0.39 is 0 Å². The van der Waals surface area contributed by atoms with Gasteiger partial charge >= 0.3 is 0 Å². The van der Waals surface area contributed by atoms with Crippen molar-refractivity contribution in [3.63, 3.8) is 0 Å². The normalized spacial score (nSPS) is 10.9. The highest BCUT2D eigenvalue weighted by Crippen LogP contribution is 2.16. The van der Waals surface area contributed by atoms with Crippen molar-refractivity contribution in [2.24, 2.45) is 5.73 Å². The van der Waals surface area contributed by atoms with Crippen LogP contribution in [0.4, 0.5) is 0 Å². The van der Waals surface area contributed by atoms with E-state index in [1.54, 1.807) is 12.4 Å². The first-order valence-corrected chi connectivity index (χ1v) is 5.50. The molecule has 0 saturated heterocycles. The zero-order valence-corrected chi connectivity index (χ0v) is 9.50. The van der Waals surface area contributed by atoms with Crippen LogP contribution in [0.3, 0.4) is 0 Å². The van der Waals surface area contributed by atoms with E-state index in [0.717, 1.165) is 11.3 Å². The lowest BCUT2D eigenvalue weighted by Gasteiger charge is -1.96. The molecule has 3 N–H and O–H groups in total. The highest BCUT2D eigenvalue weighted by atomic mass is 16.1. The molecule has 0 fully saturated rings. The van der Waals surface area contributed by atoms with Gasteiger partial charge in [-0.1, -0.05) is 0 Å². The zero-order valence-electron chi connectivity index (χ0n) is 9.50. The molecule has 0 aromatic carbocycles. The lowest BCUT2D eigenvalue weighted by atomic mass is 10.2. The summed E-state index contributed by atoms with van der Waals surface area (Å²) in [6.45, 7) is 0.251. The Morgan fingerprint density at radius 2 is 2.06 bits per heavy atom. The minimum Gasteiger partial charge on any atom is -0.325 e. The van der Waals surface area contributed by atoms with E-state index in [1.807, 2.05) is 18.2 Å². The van der Waals surface area contributed by atoms with Crippen LogP contribution in [0.2, 0.25) is 0 Å². The van der Waals surface area contributed by atoms with Crippen molar-refractivity contribution < 1.29 is 0 Å². The maximum atomic E-state index is 11.8. The second-order valence-electron chi connectivity index (χ2n) is 3.89. The Bertz CT molecular complexity index is 744. The lowest BCUT2D eigenvalue weighted by molar-refractivity contribution is 0.872. The third-order valence-electron chi connectivity index (χ3n) is 2.70. The lowest BCUT2D eigenvalue weighted by Crippen LogP contribution is -2.16. The molecule has 6 heteroatoms. The van der Waals surface area contributed by atoms with Gasteiger partial charge in [-0.25, -0.2) is 9.50 Å². The monoisotopic (exact) mass is 241 g/mol. The number of H-pyrrole nitrogens is 1. The fourth-order valence-corrected chi connectivity index (χ4v) is 1.82. The largest absolute Gasteiger partial charge is 0.325 e. The van der Waals surface area contributed by atoms with Crippen LogP contribution < -0.4 is 11.3 Å². The maximum absolute atomic E-state index is 11.8. The standard InChI is InChI=1S/C12H11N5O/c13-7-9-5-12(18)17-11(15-9)6-10(16-17)8-1-3-14-4-2-8/h1-6,16H,7,13H2. The average Bonchev–Trinajstić information content (AvgIpc) is 2.84. The van der Waals surface area contributed by atoms with Gasteiger partial charge in [-0.15, -0.1) is 0 Å². The highest BCUT2D eigenvalue weighted by Gasteiger charge is 2.06. The molecule has 3 aromatic heterocycles. The molecule has 0 aliphatic heterocycles. The summed E-state index contributed by atoms with van der Waals surface area (Å²) < 4.78 is 1.40. The first-order valence-electron chi connectivity index (χ1n) is 5.50. The van der Waals surface area contributed by atoms with Gasteiger partial charge in [0.2, 0.25) is 0 Å². The molecule has 0 aliphatic carbocycles. The number of hydrogen-bond donors (Lipinski definition) is 2. The van der Waals surface area contributed by atoms with Gasteiger partial charge in [0.1, 0.15) is 0 Å². The Hall–Kier alpha value is -2.47. The van der Waals surface area contributed by atoms with Crippen LogP contribution >= 0.6 is 0 Å². The number of fused-ring (bicyclic) bond motifs is 1. The average molecular weight is 241 g/mol. The third-order valence-corrected chi connectivity index (χ3v) is 2.70. The van der Waals surface area contributed by atoms with E-state index in [2.05, 4.69) is 15.1 Å². The Morgan fingerprint density at radius 1 is 1.28 bits per heavy atom. The predicted molar refractivity (Wildman–Crippen MR) is 66.9 cm³/mol. The SMILES string of the molecule is NCc1cc(=O)n2[nH]c(-c3ccncc3)cc2n1. The number of hydrogen-bond acceptors (Lipinski definition) is 4. The summed E-state index contributed by atoms with van der Waals surface area (Å²) in [5, 5.41) is 3.00. The van der Waals surface area contributed by atoms with E-state index >= 15 is 0 Å². The first-order chi connectivity index (χ1) is 8.78. The Morgan fingerprint density at radius 3 is 2.78 bits per heavy atom. The summed E-state index contributed by atoms with van der Waals surface area (Å²) in [5.41, 5.74) is 8.24. The molecule has 3 rings (SSSR count). The van der Waals surface area contributed by atoms with E-state index in [0.29, 0.717) is 11.3 Å². The van der Waals surface area contributed by atoms with E-state index in [-0.39, 0.29) is 12.1 Å². The van der Waals surface area contributed by atoms with Crippen LogP contribution in [0.1, 0.15) is 5.69 Å². The molecule has 0 atom stereocenters. The number of nitrogens with zero attached hydrogens (tertiary/aromatic N) is 3. The van der Waals surface area contributed by atoms with Gasteiger partial charge < -0.3 is 5.73 Å². The molecule has 0 saturated carbocycles. The van der Waals surface area contributed by atoms with Crippen molar-refractivity contribution in [1.29, 1.82) is 0 Å². The molecular formula is C12H11N5O. The second kappa shape index (κ2) is 4.08. The second-order valence-corrected chi connectivity index (χ2v) is 3.89. The fraction of sp³-hybridized carbons (Fsp3) is 0.0833. The van der Waals surface area contributed by atoms with Crippen molar-refractivity contribution in [3.8, 4) is 11.3 Å². The summed E-state index contributed by atoms with van der Waals surface area (Å²) in [5.74, 6) is 0. The zero-order chi connectivity index (χ0) is 12.5. The maximum Gasteiger partial charge on any atom is 0.272 e. The van der Waals surface area contributed by atoms with Crippen LogP contribution in [0.5, 0.6) is 0 Å². The van der Waals surface area contributed by atoms with E-state index in [9.17, 15) is 4.79 Å². The van der Waals surface area contributed by atoms with Crippen molar-refractivity contribution in [2.45, 2.75) is 6.54 Å². The molecule has 90 valence electrons. The molecule has 0 unspecified atom stereocenters. The molecule has 0 bridgehead atoms. The molecule has 0 radical (unpaired) electrons. The topological polar surface area (TPSA) is 89.1 Å². The summed E-state index contributed by atoms with van der Waals surface area (Å²) in [6, 6.07) is 6.97. The third kappa shape index (κ3) is 1.68. The fourth-order valence-electron chi connectivity index (χ4n) is 1.82. The molecule has 18 heavy (non-hydrogen) atoms. The molecular weight excluding hydrogens is 230 g/mol. The molecule has 0 amide bonds. The van der Waals surface area contributed by atoms with Gasteiger partial charge in [0.05, 0.1) is 11.4 Å². The van der Waals surface area contributed by atoms with Gasteiger partial charge in [0.15, 0.2) is 5.65 Å². The van der Waals surface area contributed by atoms with Crippen molar-refractivity contribution >= 4 is 5.65 Å². The first kappa shape index (κ1) is 10.7. The summed E-state index contributed by atoms with van der Waals surface area (Å²) >= 11 is 0. The predicted octanol–water partition coefficient (Wildman–Crippen LogP) is 0.543. The summed E-state index contributed by atoms with van der Waals surface area (Å²) in [6.07, 6.45) is 3.39. The van der Waals surface area contributed by atoms with Crippen molar-refractivity contribution in [2.75, 3.05) is 0 Å². The van der Waals surface area contributed by atoms with Gasteiger partial charge in [0.25, 0.3) is 5.56 Å². The van der Waals surface area contributed by atoms with Crippen LogP contribution in [-0.2, 0) is 6.54 Å². The molecule has 0 aliphatic rings.